The van der Waals surface area contributed by atoms with E-state index < -0.39 is 12.0 Å². The van der Waals surface area contributed by atoms with Crippen molar-refractivity contribution in [2.45, 2.75) is 18.9 Å². The first-order valence-electron chi connectivity index (χ1n) is 7.71. The fraction of sp³-hybridized carbons (Fsp3) is 0.158. The van der Waals surface area contributed by atoms with Gasteiger partial charge in [-0.15, -0.1) is 0 Å². The van der Waals surface area contributed by atoms with Crippen LogP contribution in [0.5, 0.6) is 0 Å². The monoisotopic (exact) mass is 318 g/mol. The summed E-state index contributed by atoms with van der Waals surface area (Å²) in [5.74, 6) is -0.772. The van der Waals surface area contributed by atoms with E-state index in [-0.39, 0.29) is 10.7 Å². The first kappa shape index (κ1) is 14.5. The molecule has 118 valence electrons. The van der Waals surface area contributed by atoms with Crippen molar-refractivity contribution in [3.63, 3.8) is 0 Å². The van der Waals surface area contributed by atoms with E-state index in [0.717, 1.165) is 11.1 Å². The minimum absolute atomic E-state index is 0.155. The largest absolute Gasteiger partial charge is 0.289 e. The summed E-state index contributed by atoms with van der Waals surface area (Å²) in [6.07, 6.45) is 0. The Balaban J connectivity index is 1.98. The molecule has 5 nitrogen and oxygen atoms in total. The van der Waals surface area contributed by atoms with Gasteiger partial charge in [-0.05, 0) is 12.5 Å². The minimum Gasteiger partial charge on any atom is -0.289 e. The standard InChI is InChI=1S/C19H14N2O3/c1-11-18(21(23)24)15(12-7-3-2-4-8-12)16-17(20-11)13-9-5-6-10-14(13)19(16)22/h2-10,15,18H,1H3/t15-,18?/m1/s1. The molecule has 1 aliphatic carbocycles. The highest BCUT2D eigenvalue weighted by atomic mass is 16.6. The molecule has 2 atom stereocenters. The van der Waals surface area contributed by atoms with Gasteiger partial charge in [-0.3, -0.25) is 14.9 Å². The number of fused-ring (bicyclic) bond motifs is 2. The lowest BCUT2D eigenvalue weighted by molar-refractivity contribution is -0.505. The molecule has 5 heteroatoms. The quantitative estimate of drug-likeness (QED) is 0.628. The topological polar surface area (TPSA) is 72.6 Å². The number of nitrogens with zero attached hydrogens (tertiary/aromatic N) is 2. The fourth-order valence-corrected chi connectivity index (χ4v) is 3.62. The average molecular weight is 318 g/mol. The maximum absolute atomic E-state index is 12.9. The summed E-state index contributed by atoms with van der Waals surface area (Å²) in [4.78, 5) is 28.8. The number of ketones is 1. The van der Waals surface area contributed by atoms with E-state index in [9.17, 15) is 14.9 Å². The van der Waals surface area contributed by atoms with Crippen LogP contribution in [0.25, 0.3) is 5.70 Å². The molecule has 0 N–H and O–H groups in total. The van der Waals surface area contributed by atoms with Crippen molar-refractivity contribution < 1.29 is 9.72 Å². The molecule has 1 unspecified atom stereocenters. The number of hydrogen-bond acceptors (Lipinski definition) is 4. The highest BCUT2D eigenvalue weighted by Gasteiger charge is 2.47. The highest BCUT2D eigenvalue weighted by molar-refractivity contribution is 6.23. The lowest BCUT2D eigenvalue weighted by atomic mass is 9.80. The minimum atomic E-state index is -1.02. The zero-order chi connectivity index (χ0) is 16.8. The SMILES string of the molecule is CC1=NC2=C(C(=O)c3ccccc32)[C@@H](c2ccccc2)C1[N+](=O)[O-]. The predicted molar refractivity (Wildman–Crippen MR) is 90.8 cm³/mol. The summed E-state index contributed by atoms with van der Waals surface area (Å²) in [6, 6.07) is 15.4. The average Bonchev–Trinajstić information content (AvgIpc) is 2.87. The maximum atomic E-state index is 12.9. The smallest absolute Gasteiger partial charge is 0.261 e. The molecule has 0 fully saturated rings. The van der Waals surface area contributed by atoms with E-state index >= 15 is 0 Å². The molecule has 24 heavy (non-hydrogen) atoms. The normalized spacial score (nSPS) is 22.0. The van der Waals surface area contributed by atoms with Gasteiger partial charge < -0.3 is 0 Å². The second kappa shape index (κ2) is 5.23. The Morgan fingerprint density at radius 1 is 1.00 bits per heavy atom. The maximum Gasteiger partial charge on any atom is 0.261 e. The van der Waals surface area contributed by atoms with E-state index in [4.69, 9.17) is 0 Å². The molecule has 2 aliphatic rings. The summed E-state index contributed by atoms with van der Waals surface area (Å²) in [6.45, 7) is 1.67. The first-order valence-corrected chi connectivity index (χ1v) is 7.71. The molecule has 0 bridgehead atoms. The summed E-state index contributed by atoms with van der Waals surface area (Å²) < 4.78 is 0. The van der Waals surface area contributed by atoms with E-state index in [1.54, 1.807) is 19.1 Å². The van der Waals surface area contributed by atoms with Gasteiger partial charge in [0.25, 0.3) is 6.04 Å². The van der Waals surface area contributed by atoms with Crippen LogP contribution in [0, 0.1) is 10.1 Å². The number of carbonyl (C=O) groups is 1. The van der Waals surface area contributed by atoms with Crippen molar-refractivity contribution in [3.8, 4) is 0 Å². The second-order valence-corrected chi connectivity index (χ2v) is 6.01. The summed E-state index contributed by atoms with van der Waals surface area (Å²) in [5.41, 5.74) is 3.55. The summed E-state index contributed by atoms with van der Waals surface area (Å²) in [5, 5.41) is 11.7. The van der Waals surface area contributed by atoms with Gasteiger partial charge in [-0.1, -0.05) is 54.6 Å². The molecule has 4 rings (SSSR count). The van der Waals surface area contributed by atoms with Crippen molar-refractivity contribution in [1.29, 1.82) is 0 Å². The Kier molecular flexibility index (Phi) is 3.16. The third-order valence-electron chi connectivity index (χ3n) is 4.66. The van der Waals surface area contributed by atoms with Crippen molar-refractivity contribution in [3.05, 3.63) is 87.0 Å². The third kappa shape index (κ3) is 1.94. The van der Waals surface area contributed by atoms with Crippen molar-refractivity contribution in [2.24, 2.45) is 4.99 Å². The van der Waals surface area contributed by atoms with E-state index in [1.165, 1.54) is 0 Å². The number of carbonyl (C=O) groups excluding carboxylic acids is 1. The Morgan fingerprint density at radius 3 is 2.29 bits per heavy atom. The Morgan fingerprint density at radius 2 is 1.62 bits per heavy atom. The molecule has 2 aromatic rings. The van der Waals surface area contributed by atoms with Gasteiger partial charge in [0, 0.05) is 21.6 Å². The van der Waals surface area contributed by atoms with Crippen LogP contribution in [0.4, 0.5) is 0 Å². The molecule has 2 aromatic carbocycles. The van der Waals surface area contributed by atoms with Crippen LogP contribution >= 0.6 is 0 Å². The van der Waals surface area contributed by atoms with Gasteiger partial charge in [0.05, 0.1) is 17.3 Å². The van der Waals surface area contributed by atoms with Gasteiger partial charge >= 0.3 is 0 Å². The molecule has 0 spiro atoms. The van der Waals surface area contributed by atoms with Gasteiger partial charge in [0.15, 0.2) is 5.78 Å². The van der Waals surface area contributed by atoms with Crippen molar-refractivity contribution >= 4 is 17.2 Å². The van der Waals surface area contributed by atoms with Crippen LogP contribution in [0.3, 0.4) is 0 Å². The van der Waals surface area contributed by atoms with Crippen molar-refractivity contribution in [2.75, 3.05) is 0 Å². The van der Waals surface area contributed by atoms with Gasteiger partial charge in [-0.25, -0.2) is 4.99 Å². The molecule has 0 saturated carbocycles. The number of aliphatic imine (C=N–C) groups is 1. The molecule has 1 heterocycles. The van der Waals surface area contributed by atoms with Crippen molar-refractivity contribution in [1.82, 2.24) is 0 Å². The van der Waals surface area contributed by atoms with Crippen LogP contribution in [-0.2, 0) is 0 Å². The van der Waals surface area contributed by atoms with Crippen LogP contribution in [0.1, 0.15) is 34.3 Å². The van der Waals surface area contributed by atoms with E-state index in [1.807, 2.05) is 42.5 Å². The number of nitro groups is 1. The predicted octanol–water partition coefficient (Wildman–Crippen LogP) is 3.50. The summed E-state index contributed by atoms with van der Waals surface area (Å²) in [7, 11) is 0. The van der Waals surface area contributed by atoms with Crippen LogP contribution < -0.4 is 0 Å². The van der Waals surface area contributed by atoms with Crippen LogP contribution in [0.2, 0.25) is 0 Å². The number of benzene rings is 2. The zero-order valence-corrected chi connectivity index (χ0v) is 13.0. The zero-order valence-electron chi connectivity index (χ0n) is 13.0. The Bertz CT molecular complexity index is 929. The molecule has 0 radical (unpaired) electrons. The summed E-state index contributed by atoms with van der Waals surface area (Å²) >= 11 is 0. The molecule has 1 aliphatic heterocycles. The number of rotatable bonds is 2. The van der Waals surface area contributed by atoms with E-state index in [0.29, 0.717) is 22.5 Å². The third-order valence-corrected chi connectivity index (χ3v) is 4.66. The molecular weight excluding hydrogens is 304 g/mol. The molecule has 0 saturated heterocycles. The molecular formula is C19H14N2O3. The number of hydrogen-bond donors (Lipinski definition) is 0. The number of Topliss-reactive ketones (excluding diaryl/α,β-unsaturated/α-hetero) is 1. The first-order chi connectivity index (χ1) is 11.6. The van der Waals surface area contributed by atoms with Crippen LogP contribution in [-0.4, -0.2) is 22.5 Å². The lowest BCUT2D eigenvalue weighted by Crippen LogP contribution is -2.38. The fourth-order valence-electron chi connectivity index (χ4n) is 3.62. The highest BCUT2D eigenvalue weighted by Crippen LogP contribution is 2.46. The lowest BCUT2D eigenvalue weighted by Gasteiger charge is -2.26. The van der Waals surface area contributed by atoms with Crippen LogP contribution in [0.15, 0.2) is 65.2 Å². The molecule has 0 aromatic heterocycles. The Labute approximate surface area is 138 Å². The van der Waals surface area contributed by atoms with Gasteiger partial charge in [0.2, 0.25) is 0 Å². The van der Waals surface area contributed by atoms with Gasteiger partial charge in [0.1, 0.15) is 0 Å². The molecule has 0 amide bonds. The van der Waals surface area contributed by atoms with E-state index in [2.05, 4.69) is 4.99 Å². The second-order valence-electron chi connectivity index (χ2n) is 6.01. The van der Waals surface area contributed by atoms with Gasteiger partial charge in [-0.2, -0.15) is 0 Å². The Hall–Kier alpha value is -3.08.